The van der Waals surface area contributed by atoms with E-state index in [2.05, 4.69) is 0 Å². The van der Waals surface area contributed by atoms with Crippen molar-refractivity contribution >= 4 is 0 Å². The molecule has 33 aliphatic rings. The van der Waals surface area contributed by atoms with Gasteiger partial charge >= 0.3 is 0 Å². The molecule has 0 saturated carbocycles. The maximum atomic E-state index is 12.5. The zero-order valence-electron chi connectivity index (χ0n) is 88.4. The molecule has 33 aliphatic heterocycles. The van der Waals surface area contributed by atoms with E-state index in [0.717, 1.165) is 0 Å². The molecule has 1 N–H and O–H groups in total. The molecule has 0 aromatic carbocycles. The van der Waals surface area contributed by atoms with E-state index in [1.807, 2.05) is 0 Å². The lowest BCUT2D eigenvalue weighted by Crippen LogP contribution is -2.62. The van der Waals surface area contributed by atoms with Crippen molar-refractivity contribution < 1.29 is 232 Å². The molecule has 0 aromatic rings. The van der Waals surface area contributed by atoms with Crippen LogP contribution in [-0.4, -0.2) is 492 Å². The first-order valence-corrected chi connectivity index (χ1v) is 52.5. The molecule has 852 valence electrons. The van der Waals surface area contributed by atoms with E-state index < -0.39 is 159 Å². The first-order chi connectivity index (χ1) is 71.0. The second kappa shape index (κ2) is 42.1. The molecule has 0 spiro atoms. The summed E-state index contributed by atoms with van der Waals surface area (Å²) in [5.74, 6) is -13.5. The van der Waals surface area contributed by atoms with Gasteiger partial charge in [-0.15, -0.1) is 0 Å². The van der Waals surface area contributed by atoms with E-state index in [9.17, 15) is 5.11 Å². The Morgan fingerprint density at radius 1 is 0.141 bits per heavy atom. The fourth-order valence-electron chi connectivity index (χ4n) is 21.5. The van der Waals surface area contributed by atoms with Crippen molar-refractivity contribution in [2.75, 3.05) is 410 Å². The predicted molar refractivity (Wildman–Crippen MR) is 488 cm³/mol. The van der Waals surface area contributed by atoms with Crippen LogP contribution < -0.4 is 0 Å². The molecule has 1 atom stereocenters. The Kier molecular flexibility index (Phi) is 31.4. The van der Waals surface area contributed by atoms with Crippen molar-refractivity contribution in [3.63, 3.8) is 0 Å². The minimum Gasteiger partial charge on any atom is -0.393 e. The molecular formula is C100H158O49. The summed E-state index contributed by atoms with van der Waals surface area (Å²) in [6.45, 7) is 24.8. The Labute approximate surface area is 867 Å². The van der Waals surface area contributed by atoms with Crippen LogP contribution in [0.4, 0.5) is 0 Å². The lowest BCUT2D eigenvalue weighted by Gasteiger charge is -2.52. The first-order valence-electron chi connectivity index (χ1n) is 52.5. The molecule has 0 aliphatic carbocycles. The third-order valence-electron chi connectivity index (χ3n) is 33.2. The lowest BCUT2D eigenvalue weighted by atomic mass is 9.87. The molecule has 22 bridgehead atoms. The van der Waals surface area contributed by atoms with E-state index in [1.165, 1.54) is 0 Å². The molecular weight excluding hydrogens is 1990 g/mol. The average molecular weight is 2140 g/mol. The van der Waals surface area contributed by atoms with Gasteiger partial charge in [-0.25, -0.2) is 0 Å². The summed E-state index contributed by atoms with van der Waals surface area (Å²) < 4.78 is 315. The fourth-order valence-corrected chi connectivity index (χ4v) is 21.5. The molecule has 1 unspecified atom stereocenters. The molecule has 0 radical (unpaired) electrons. The molecule has 149 heavy (non-hydrogen) atoms. The van der Waals surface area contributed by atoms with Gasteiger partial charge in [-0.1, -0.05) is 0 Å². The summed E-state index contributed by atoms with van der Waals surface area (Å²) in [5.41, 5.74) is -15.7. The minimum absolute atomic E-state index is 0.0206. The molecule has 33 heterocycles. The van der Waals surface area contributed by atoms with Crippen LogP contribution in [0.15, 0.2) is 0 Å². The quantitative estimate of drug-likeness (QED) is 0.0906. The SMILES string of the molecule is CC12OCC(COCC(COCC(COCC(COCC34COC(C)(OC3)OC4)(COCC34COC(C)(OC3)OC4)COCC34COC(C)(OC3)OC4)(COCC(CO)(COCC34COC(C)(OC3)OC4)OCC34COC(C)(OC3)OC4)COCC(COCC34COC(C)(OC3)OC4)(COCC34COC(C)(OC3)OC4)OCC34COC(C)(OC3)OC4)(COCC34COC(C)(OC3)OC4)COCC34COC(C)(OC3)OC4)(CO1)CO2. The Hall–Kier alpha value is -1.96. The summed E-state index contributed by atoms with van der Waals surface area (Å²) in [5, 5.41) is 12.5. The highest BCUT2D eigenvalue weighted by Crippen LogP contribution is 2.51. The van der Waals surface area contributed by atoms with E-state index in [4.69, 9.17) is 227 Å². The van der Waals surface area contributed by atoms with Gasteiger partial charge in [0.15, 0.2) is 0 Å². The highest BCUT2D eigenvalue weighted by atomic mass is 17.0. The number of hydrogen-bond donors (Lipinski definition) is 1. The van der Waals surface area contributed by atoms with Gasteiger partial charge in [0.25, 0.3) is 65.7 Å². The lowest BCUT2D eigenvalue weighted by molar-refractivity contribution is -0.466. The smallest absolute Gasteiger partial charge is 0.279 e. The second-order valence-corrected chi connectivity index (χ2v) is 49.5. The standard InChI is InChI=1S/C100H158O49/c1-74-115-34-88(35-116-74,36-117-74)25-104-15-85(16-105-26-89-37-118-75(2,119-38-89)120-39-89,17-106-27-90-40-121-76(3,122-41-90)123-42-90)13-102-21-87(23-110-69-99(12-101,148-67-97-61-142-83(10,143-62-97)144-63-97)70-111-31-94-52-133-80(7,134-53-94)135-54-94,24-112-71-100(149-68-98-64-145-84(11,146-65-98)147-66-98,72-113-32-95-55-136-81(8,137-56-95)138-57-95)73-114-33-96-58-139-82(9,140-59-96)141-60-96)22-103-14-86(18-107-28-91-43-124-77(4,125-44-91)126-45-91,19-108-29-92-46-127-78(5,128-47-92)129-48-92)20-109-30-93-49-130-79(6,131-50-93)132-51-93/h101H,12-73H2,1-11H3. The summed E-state index contributed by atoms with van der Waals surface area (Å²) in [4.78, 5) is 0. The third-order valence-corrected chi connectivity index (χ3v) is 33.2. The molecule has 49 heteroatoms. The zero-order valence-corrected chi connectivity index (χ0v) is 88.4. The summed E-state index contributed by atoms with van der Waals surface area (Å²) in [6, 6.07) is 0. The second-order valence-electron chi connectivity index (χ2n) is 49.5. The van der Waals surface area contributed by atoms with Crippen LogP contribution in [0.3, 0.4) is 0 Å². The van der Waals surface area contributed by atoms with Crippen LogP contribution in [0, 0.1) is 75.8 Å². The Morgan fingerprint density at radius 3 is 0.389 bits per heavy atom. The summed E-state index contributed by atoms with van der Waals surface area (Å²) in [7, 11) is 0. The predicted octanol–water partition coefficient (Wildman–Crippen LogP) is 1.77. The fraction of sp³-hybridized carbons (Fsp3) is 1.00. The monoisotopic (exact) mass is 2140 g/mol. The van der Waals surface area contributed by atoms with Gasteiger partial charge in [0.1, 0.15) is 11.2 Å². The van der Waals surface area contributed by atoms with Gasteiger partial charge in [-0.05, 0) is 0 Å². The van der Waals surface area contributed by atoms with Crippen molar-refractivity contribution in [1.29, 1.82) is 0 Å². The number of aliphatic hydroxyl groups is 1. The number of fused-ring (bicyclic) bond motifs is 33. The van der Waals surface area contributed by atoms with Crippen LogP contribution in [0.1, 0.15) is 76.2 Å². The number of aliphatic hydroxyl groups excluding tert-OH is 1. The van der Waals surface area contributed by atoms with Crippen LogP contribution in [-0.2, 0) is 227 Å². The van der Waals surface area contributed by atoms with Gasteiger partial charge < -0.3 is 232 Å². The van der Waals surface area contributed by atoms with Crippen LogP contribution in [0.25, 0.3) is 0 Å². The van der Waals surface area contributed by atoms with Gasteiger partial charge in [0.05, 0.1) is 485 Å². The van der Waals surface area contributed by atoms with Crippen LogP contribution in [0.5, 0.6) is 0 Å². The third kappa shape index (κ3) is 24.7. The van der Waals surface area contributed by atoms with E-state index in [1.54, 1.807) is 76.2 Å². The average Bonchev–Trinajstić information content (AvgIpc) is 0.776. The van der Waals surface area contributed by atoms with Crippen molar-refractivity contribution in [2.24, 2.45) is 75.8 Å². The number of ether oxygens (including phenoxy) is 48. The highest BCUT2D eigenvalue weighted by Gasteiger charge is 2.63. The molecule has 33 rings (SSSR count). The molecule has 0 aromatic heterocycles. The van der Waals surface area contributed by atoms with Gasteiger partial charge in [0.2, 0.25) is 0 Å². The van der Waals surface area contributed by atoms with E-state index >= 15 is 0 Å². The van der Waals surface area contributed by atoms with E-state index in [-0.39, 0.29) is 403 Å². The molecule has 49 nitrogen and oxygen atoms in total. The molecule has 33 fully saturated rings. The Morgan fingerprint density at radius 2 is 0.242 bits per heavy atom. The maximum absolute atomic E-state index is 12.5. The molecule has 33 saturated heterocycles. The van der Waals surface area contributed by atoms with Gasteiger partial charge in [-0.3, -0.25) is 0 Å². The summed E-state index contributed by atoms with van der Waals surface area (Å²) >= 11 is 0. The highest BCUT2D eigenvalue weighted by molar-refractivity contribution is 5.02. The number of rotatable bonds is 59. The summed E-state index contributed by atoms with van der Waals surface area (Å²) in [6.07, 6.45) is 0. The van der Waals surface area contributed by atoms with Crippen molar-refractivity contribution in [3.8, 4) is 0 Å². The molecule has 0 amide bonds. The van der Waals surface area contributed by atoms with Crippen LogP contribution >= 0.6 is 0 Å². The van der Waals surface area contributed by atoms with Crippen molar-refractivity contribution in [3.05, 3.63) is 0 Å². The Bertz CT molecular complexity index is 3810. The van der Waals surface area contributed by atoms with Gasteiger partial charge in [-0.2, -0.15) is 0 Å². The largest absolute Gasteiger partial charge is 0.393 e. The minimum atomic E-state index is -1.69. The van der Waals surface area contributed by atoms with Gasteiger partial charge in [0, 0.05) is 76.2 Å². The normalized spacial score (nSPS) is 46.0. The van der Waals surface area contributed by atoms with Crippen molar-refractivity contribution in [2.45, 2.75) is 153 Å². The topological polar surface area (TPSA) is 463 Å². The van der Waals surface area contributed by atoms with Crippen LogP contribution in [0.2, 0.25) is 0 Å². The number of hydrogen-bond acceptors (Lipinski definition) is 49. The first kappa shape index (κ1) is 111. The van der Waals surface area contributed by atoms with Crippen molar-refractivity contribution in [1.82, 2.24) is 0 Å². The Balaban J connectivity index is 0.646. The van der Waals surface area contributed by atoms with E-state index in [0.29, 0.717) is 0 Å². The maximum Gasteiger partial charge on any atom is 0.279 e. The zero-order chi connectivity index (χ0) is 103.